The van der Waals surface area contributed by atoms with Crippen molar-refractivity contribution in [2.45, 2.75) is 32.3 Å². The van der Waals surface area contributed by atoms with Crippen LogP contribution in [-0.2, 0) is 0 Å². The predicted octanol–water partition coefficient (Wildman–Crippen LogP) is 0.365. The second-order valence-electron chi connectivity index (χ2n) is 4.11. The fourth-order valence-electron chi connectivity index (χ4n) is 1.89. The highest BCUT2D eigenvalue weighted by molar-refractivity contribution is 4.80. The minimum absolute atomic E-state index is 0.144. The molecule has 3 N–H and O–H groups in total. The molecule has 0 aromatic carbocycles. The third-order valence-corrected chi connectivity index (χ3v) is 2.93. The molecule has 0 radical (unpaired) electrons. The molecule has 0 aromatic rings. The van der Waals surface area contributed by atoms with Gasteiger partial charge >= 0.3 is 0 Å². The summed E-state index contributed by atoms with van der Waals surface area (Å²) < 4.78 is 0. The summed E-state index contributed by atoms with van der Waals surface area (Å²) in [5.74, 6) is 1.74. The molecule has 0 heterocycles. The van der Waals surface area contributed by atoms with Gasteiger partial charge in [-0.2, -0.15) is 0 Å². The first-order chi connectivity index (χ1) is 6.26. The van der Waals surface area contributed by atoms with E-state index in [0.29, 0.717) is 6.54 Å². The summed E-state index contributed by atoms with van der Waals surface area (Å²) in [6.07, 6.45) is 3.37. The Morgan fingerprint density at radius 1 is 1.38 bits per heavy atom. The van der Waals surface area contributed by atoms with Crippen molar-refractivity contribution in [1.82, 2.24) is 5.32 Å². The number of aliphatic hydroxyl groups is 2. The van der Waals surface area contributed by atoms with Gasteiger partial charge in [0.25, 0.3) is 0 Å². The highest BCUT2D eigenvalue weighted by Gasteiger charge is 2.26. The lowest BCUT2D eigenvalue weighted by Gasteiger charge is -2.35. The molecule has 0 spiro atoms. The smallest absolute Gasteiger partial charge is 0.0894 e. The van der Waals surface area contributed by atoms with Crippen LogP contribution in [0, 0.1) is 11.8 Å². The van der Waals surface area contributed by atoms with E-state index >= 15 is 0 Å². The molecule has 0 aromatic heterocycles. The van der Waals surface area contributed by atoms with Crippen molar-refractivity contribution < 1.29 is 10.2 Å². The largest absolute Gasteiger partial charge is 0.394 e. The lowest BCUT2D eigenvalue weighted by Crippen LogP contribution is -2.37. The molecule has 0 saturated heterocycles. The van der Waals surface area contributed by atoms with Gasteiger partial charge in [0, 0.05) is 6.54 Å². The molecule has 3 nitrogen and oxygen atoms in total. The Kier molecular flexibility index (Phi) is 4.70. The molecule has 78 valence electrons. The van der Waals surface area contributed by atoms with Crippen LogP contribution in [0.25, 0.3) is 0 Å². The molecule has 0 bridgehead atoms. The van der Waals surface area contributed by atoms with Gasteiger partial charge in [-0.05, 0) is 31.2 Å². The van der Waals surface area contributed by atoms with E-state index in [1.807, 2.05) is 0 Å². The van der Waals surface area contributed by atoms with Gasteiger partial charge in [0.2, 0.25) is 0 Å². The van der Waals surface area contributed by atoms with E-state index in [0.717, 1.165) is 18.4 Å². The zero-order valence-corrected chi connectivity index (χ0v) is 8.37. The molecule has 1 rings (SSSR count). The molecular formula is C10H21NO2. The minimum Gasteiger partial charge on any atom is -0.394 e. The van der Waals surface area contributed by atoms with Gasteiger partial charge in [0.05, 0.1) is 12.7 Å². The lowest BCUT2D eigenvalue weighted by molar-refractivity contribution is 0.0899. The van der Waals surface area contributed by atoms with Crippen molar-refractivity contribution in [2.24, 2.45) is 11.8 Å². The summed E-state index contributed by atoms with van der Waals surface area (Å²) in [7, 11) is 0. The van der Waals surface area contributed by atoms with Crippen LogP contribution in [0.5, 0.6) is 0 Å². The SMILES string of the molecule is CCC1CC(CNCC(O)CO)C1. The average molecular weight is 187 g/mol. The van der Waals surface area contributed by atoms with Gasteiger partial charge in [0.1, 0.15) is 0 Å². The predicted molar refractivity (Wildman–Crippen MR) is 52.5 cm³/mol. The summed E-state index contributed by atoms with van der Waals surface area (Å²) in [5.41, 5.74) is 0. The summed E-state index contributed by atoms with van der Waals surface area (Å²) >= 11 is 0. The molecule has 1 aliphatic rings. The van der Waals surface area contributed by atoms with Gasteiger partial charge in [-0.3, -0.25) is 0 Å². The van der Waals surface area contributed by atoms with E-state index in [9.17, 15) is 0 Å². The second-order valence-corrected chi connectivity index (χ2v) is 4.11. The highest BCUT2D eigenvalue weighted by atomic mass is 16.3. The van der Waals surface area contributed by atoms with Crippen molar-refractivity contribution in [3.05, 3.63) is 0 Å². The lowest BCUT2D eigenvalue weighted by atomic mass is 9.73. The molecule has 0 aliphatic heterocycles. The summed E-state index contributed by atoms with van der Waals surface area (Å²) in [4.78, 5) is 0. The summed E-state index contributed by atoms with van der Waals surface area (Å²) in [6.45, 7) is 3.61. The van der Waals surface area contributed by atoms with E-state index in [-0.39, 0.29) is 6.61 Å². The van der Waals surface area contributed by atoms with Crippen LogP contribution >= 0.6 is 0 Å². The molecule has 1 saturated carbocycles. The summed E-state index contributed by atoms with van der Waals surface area (Å²) in [5, 5.41) is 20.8. The van der Waals surface area contributed by atoms with Gasteiger partial charge in [-0.25, -0.2) is 0 Å². The van der Waals surface area contributed by atoms with Gasteiger partial charge in [-0.15, -0.1) is 0 Å². The van der Waals surface area contributed by atoms with E-state index < -0.39 is 6.10 Å². The Morgan fingerprint density at radius 3 is 2.62 bits per heavy atom. The van der Waals surface area contributed by atoms with Crippen LogP contribution < -0.4 is 5.32 Å². The van der Waals surface area contributed by atoms with E-state index in [1.54, 1.807) is 0 Å². The third kappa shape index (κ3) is 3.63. The van der Waals surface area contributed by atoms with Crippen molar-refractivity contribution in [1.29, 1.82) is 0 Å². The maximum atomic E-state index is 9.05. The second kappa shape index (κ2) is 5.58. The Bertz CT molecular complexity index is 135. The van der Waals surface area contributed by atoms with E-state index in [1.165, 1.54) is 19.3 Å². The van der Waals surface area contributed by atoms with Crippen LogP contribution in [0.2, 0.25) is 0 Å². The molecule has 3 heteroatoms. The molecule has 13 heavy (non-hydrogen) atoms. The molecule has 1 fully saturated rings. The first-order valence-corrected chi connectivity index (χ1v) is 5.25. The zero-order chi connectivity index (χ0) is 9.68. The van der Waals surface area contributed by atoms with Crippen molar-refractivity contribution in [3.63, 3.8) is 0 Å². The number of nitrogens with one attached hydrogen (secondary N) is 1. The normalized spacial score (nSPS) is 29.8. The van der Waals surface area contributed by atoms with E-state index in [2.05, 4.69) is 12.2 Å². The van der Waals surface area contributed by atoms with Crippen molar-refractivity contribution >= 4 is 0 Å². The molecule has 0 amide bonds. The molecule has 1 atom stereocenters. The zero-order valence-electron chi connectivity index (χ0n) is 8.37. The first kappa shape index (κ1) is 11.0. The Balaban J connectivity index is 1.90. The fourth-order valence-corrected chi connectivity index (χ4v) is 1.89. The maximum Gasteiger partial charge on any atom is 0.0894 e. The summed E-state index contributed by atoms with van der Waals surface area (Å²) in [6, 6.07) is 0. The monoisotopic (exact) mass is 187 g/mol. The highest BCUT2D eigenvalue weighted by Crippen LogP contribution is 2.35. The van der Waals surface area contributed by atoms with E-state index in [4.69, 9.17) is 10.2 Å². The maximum absolute atomic E-state index is 9.05. The number of hydrogen-bond donors (Lipinski definition) is 3. The third-order valence-electron chi connectivity index (χ3n) is 2.93. The average Bonchev–Trinajstić information content (AvgIpc) is 2.08. The first-order valence-electron chi connectivity index (χ1n) is 5.25. The van der Waals surface area contributed by atoms with Crippen LogP contribution in [0.3, 0.4) is 0 Å². The van der Waals surface area contributed by atoms with Crippen LogP contribution in [0.15, 0.2) is 0 Å². The van der Waals surface area contributed by atoms with Gasteiger partial charge in [0.15, 0.2) is 0 Å². The standard InChI is InChI=1S/C10H21NO2/c1-2-8-3-9(4-8)5-11-6-10(13)7-12/h8-13H,2-7H2,1H3. The van der Waals surface area contributed by atoms with Crippen LogP contribution in [0.1, 0.15) is 26.2 Å². The number of aliphatic hydroxyl groups excluding tert-OH is 2. The molecular weight excluding hydrogens is 166 g/mol. The number of hydrogen-bond acceptors (Lipinski definition) is 3. The van der Waals surface area contributed by atoms with Crippen molar-refractivity contribution in [2.75, 3.05) is 19.7 Å². The topological polar surface area (TPSA) is 52.5 Å². The quantitative estimate of drug-likeness (QED) is 0.563. The Morgan fingerprint density at radius 2 is 2.08 bits per heavy atom. The minimum atomic E-state index is -0.595. The van der Waals surface area contributed by atoms with Gasteiger partial charge < -0.3 is 15.5 Å². The molecule has 1 unspecified atom stereocenters. The van der Waals surface area contributed by atoms with Crippen LogP contribution in [-0.4, -0.2) is 36.0 Å². The molecule has 1 aliphatic carbocycles. The van der Waals surface area contributed by atoms with Crippen molar-refractivity contribution in [3.8, 4) is 0 Å². The van der Waals surface area contributed by atoms with Crippen LogP contribution in [0.4, 0.5) is 0 Å². The fraction of sp³-hybridized carbons (Fsp3) is 1.00. The Hall–Kier alpha value is -0.120. The number of rotatable bonds is 6. The van der Waals surface area contributed by atoms with Gasteiger partial charge in [-0.1, -0.05) is 13.3 Å². The Labute approximate surface area is 80.2 Å².